The fourth-order valence-electron chi connectivity index (χ4n) is 5.33. The number of carbonyl (C=O) groups is 1. The molecule has 1 aliphatic rings. The summed E-state index contributed by atoms with van der Waals surface area (Å²) in [6.07, 6.45) is 7.11. The van der Waals surface area contributed by atoms with E-state index >= 15 is 0 Å². The third-order valence-corrected chi connectivity index (χ3v) is 8.33. The fraction of sp³-hybridized carbons (Fsp3) is 0.263. The molecule has 1 aliphatic heterocycles. The van der Waals surface area contributed by atoms with Gasteiger partial charge in [0.1, 0.15) is 5.75 Å². The second-order valence-electron chi connectivity index (χ2n) is 11.2. The maximum Gasteiger partial charge on any atom is 0.266 e. The lowest BCUT2D eigenvalue weighted by molar-refractivity contribution is -0.129. The minimum absolute atomic E-state index is 0.0750. The number of hydrogen-bond acceptors (Lipinski definition) is 6. The summed E-state index contributed by atoms with van der Waals surface area (Å²) in [5.41, 5.74) is 8.79. The van der Waals surface area contributed by atoms with Gasteiger partial charge in [-0.3, -0.25) is 10.2 Å². The number of benzene rings is 4. The molecule has 4 aromatic carbocycles. The largest absolute Gasteiger partial charge is 0.494 e. The maximum absolute atomic E-state index is 14.2. The van der Waals surface area contributed by atoms with E-state index in [-0.39, 0.29) is 12.5 Å². The Kier molecular flexibility index (Phi) is 12.2. The van der Waals surface area contributed by atoms with Crippen molar-refractivity contribution in [2.45, 2.75) is 43.7 Å². The van der Waals surface area contributed by atoms with Crippen LogP contribution in [0, 0.1) is 0 Å². The van der Waals surface area contributed by atoms with Gasteiger partial charge < -0.3 is 14.6 Å². The van der Waals surface area contributed by atoms with Crippen molar-refractivity contribution < 1.29 is 19.4 Å². The number of hydrazine groups is 1. The molecule has 0 spiro atoms. The van der Waals surface area contributed by atoms with Crippen LogP contribution in [0.4, 0.5) is 0 Å². The van der Waals surface area contributed by atoms with Gasteiger partial charge in [-0.2, -0.15) is 0 Å². The molecule has 2 atom stereocenters. The Hall–Kier alpha value is -4.24. The molecule has 1 heterocycles. The molecule has 238 valence electrons. The lowest BCUT2D eigenvalue weighted by Crippen LogP contribution is -2.52. The highest BCUT2D eigenvalue weighted by Crippen LogP contribution is 2.43. The van der Waals surface area contributed by atoms with Crippen LogP contribution in [-0.2, 0) is 16.0 Å². The van der Waals surface area contributed by atoms with E-state index in [0.717, 1.165) is 40.4 Å². The number of nitrogens with one attached hydrogen (secondary N) is 2. The first-order chi connectivity index (χ1) is 22.6. The van der Waals surface area contributed by atoms with E-state index in [1.165, 1.54) is 5.56 Å². The summed E-state index contributed by atoms with van der Waals surface area (Å²) in [7, 11) is 0. The molecule has 8 heteroatoms. The molecule has 5 rings (SSSR count). The van der Waals surface area contributed by atoms with Crippen LogP contribution >= 0.6 is 15.9 Å². The van der Waals surface area contributed by atoms with Crippen molar-refractivity contribution in [3.05, 3.63) is 142 Å². The van der Waals surface area contributed by atoms with Gasteiger partial charge in [0.2, 0.25) is 5.90 Å². The molecule has 3 N–H and O–H groups in total. The minimum Gasteiger partial charge on any atom is -0.494 e. The molecule has 46 heavy (non-hydrogen) atoms. The smallest absolute Gasteiger partial charge is 0.266 e. The third kappa shape index (κ3) is 8.94. The number of aliphatic imine (C=N–C) groups is 1. The number of rotatable bonds is 16. The monoisotopic (exact) mass is 681 g/mol. The van der Waals surface area contributed by atoms with Crippen LogP contribution in [0.2, 0.25) is 0 Å². The number of aliphatic hydroxyl groups is 1. The van der Waals surface area contributed by atoms with Gasteiger partial charge in [0.15, 0.2) is 11.6 Å². The number of aryl methyl sites for hydroxylation is 1. The molecule has 0 aromatic heterocycles. The van der Waals surface area contributed by atoms with Gasteiger partial charge in [0, 0.05) is 36.0 Å². The summed E-state index contributed by atoms with van der Waals surface area (Å²) >= 11 is 3.53. The standard InChI is InChI=1S/C38H40BrN3O4/c39-33-21-17-31(18-22-33)35-38(25-9-16-30-13-5-2-6-14-30,37(44)42-40-26-8-7-15-29-11-3-1-4-12-29)41-36(46-35)32-19-23-34(24-20-32)45-28-10-27-43/h1-6,9,11-14,16-24,35,40,43H,7-8,10,15,25-28H2,(H,42,44)/b16-9+/t35-,38-/m0/s1. The lowest BCUT2D eigenvalue weighted by atomic mass is 9.84. The number of nitrogens with zero attached hydrogens (tertiary/aromatic N) is 1. The fourth-order valence-corrected chi connectivity index (χ4v) is 5.59. The Labute approximate surface area is 279 Å². The molecular weight excluding hydrogens is 642 g/mol. The zero-order valence-electron chi connectivity index (χ0n) is 25.8. The van der Waals surface area contributed by atoms with E-state index in [1.54, 1.807) is 0 Å². The number of halogens is 1. The van der Waals surface area contributed by atoms with Gasteiger partial charge in [0.05, 0.1) is 6.61 Å². The molecule has 0 aliphatic carbocycles. The van der Waals surface area contributed by atoms with E-state index < -0.39 is 11.6 Å². The maximum atomic E-state index is 14.2. The number of unbranched alkanes of at least 4 members (excludes halogenated alkanes) is 1. The van der Waals surface area contributed by atoms with Gasteiger partial charge in [-0.05, 0) is 72.4 Å². The van der Waals surface area contributed by atoms with E-state index in [9.17, 15) is 4.79 Å². The molecule has 0 saturated carbocycles. The summed E-state index contributed by atoms with van der Waals surface area (Å²) in [4.78, 5) is 19.3. The van der Waals surface area contributed by atoms with Crippen molar-refractivity contribution in [2.75, 3.05) is 19.8 Å². The van der Waals surface area contributed by atoms with Crippen molar-refractivity contribution in [2.24, 2.45) is 4.99 Å². The number of amides is 1. The molecular formula is C38H40BrN3O4. The van der Waals surface area contributed by atoms with Crippen LogP contribution in [0.25, 0.3) is 6.08 Å². The number of hydrogen-bond donors (Lipinski definition) is 3. The Balaban J connectivity index is 1.39. The second-order valence-corrected chi connectivity index (χ2v) is 12.1. The Morgan fingerprint density at radius 2 is 1.63 bits per heavy atom. The number of carbonyl (C=O) groups excluding carboxylic acids is 1. The third-order valence-electron chi connectivity index (χ3n) is 7.80. The van der Waals surface area contributed by atoms with Gasteiger partial charge >= 0.3 is 0 Å². The van der Waals surface area contributed by atoms with E-state index in [2.05, 4.69) is 51.0 Å². The topological polar surface area (TPSA) is 92.2 Å². The van der Waals surface area contributed by atoms with Crippen LogP contribution in [0.3, 0.4) is 0 Å². The molecule has 1 amide bonds. The first-order valence-electron chi connectivity index (χ1n) is 15.7. The predicted molar refractivity (Wildman–Crippen MR) is 186 cm³/mol. The predicted octanol–water partition coefficient (Wildman–Crippen LogP) is 7.21. The minimum atomic E-state index is -1.28. The molecule has 7 nitrogen and oxygen atoms in total. The first kappa shape index (κ1) is 33.1. The van der Waals surface area contributed by atoms with Crippen molar-refractivity contribution in [1.82, 2.24) is 10.9 Å². The van der Waals surface area contributed by atoms with Gasteiger partial charge in [-0.1, -0.05) is 101 Å². The highest BCUT2D eigenvalue weighted by atomic mass is 79.9. The highest BCUT2D eigenvalue weighted by Gasteiger charge is 2.52. The first-order valence-corrected chi connectivity index (χ1v) is 16.5. The summed E-state index contributed by atoms with van der Waals surface area (Å²) in [5.74, 6) is 0.813. The van der Waals surface area contributed by atoms with E-state index in [1.807, 2.05) is 97.1 Å². The Morgan fingerprint density at radius 3 is 2.35 bits per heavy atom. The molecule has 0 unspecified atom stereocenters. The molecule has 4 aromatic rings. The van der Waals surface area contributed by atoms with Crippen molar-refractivity contribution in [1.29, 1.82) is 0 Å². The second kappa shape index (κ2) is 16.9. The quantitative estimate of drug-likeness (QED) is 0.0859. The van der Waals surface area contributed by atoms with Crippen molar-refractivity contribution in [3.8, 4) is 5.75 Å². The van der Waals surface area contributed by atoms with Crippen LogP contribution in [0.5, 0.6) is 5.75 Å². The SMILES string of the molecule is O=C(NNCCCCc1ccccc1)[C@@]1(C/C=C/c2ccccc2)N=C(c2ccc(OCCCO)cc2)O[C@H]1c1ccc(Br)cc1. The molecule has 0 radical (unpaired) electrons. The van der Waals surface area contributed by atoms with Crippen LogP contribution in [0.15, 0.2) is 125 Å². The Morgan fingerprint density at radius 1 is 0.913 bits per heavy atom. The molecule has 0 saturated heterocycles. The van der Waals surface area contributed by atoms with Gasteiger partial charge in [0.25, 0.3) is 5.91 Å². The summed E-state index contributed by atoms with van der Waals surface area (Å²) < 4.78 is 13.2. The number of aliphatic hydroxyl groups excluding tert-OH is 1. The summed E-state index contributed by atoms with van der Waals surface area (Å²) in [6, 6.07) is 35.7. The average Bonchev–Trinajstić information content (AvgIpc) is 3.48. The highest BCUT2D eigenvalue weighted by molar-refractivity contribution is 9.10. The normalized spacial score (nSPS) is 17.4. The van der Waals surface area contributed by atoms with Crippen LogP contribution in [-0.4, -0.2) is 42.2 Å². The zero-order chi connectivity index (χ0) is 32.0. The van der Waals surface area contributed by atoms with E-state index in [0.29, 0.717) is 37.6 Å². The summed E-state index contributed by atoms with van der Waals surface area (Å²) in [6.45, 7) is 1.13. The summed E-state index contributed by atoms with van der Waals surface area (Å²) in [5, 5.41) is 9.06. The molecule has 0 fully saturated rings. The van der Waals surface area contributed by atoms with Crippen LogP contribution in [0.1, 0.15) is 54.0 Å². The average molecular weight is 683 g/mol. The van der Waals surface area contributed by atoms with Crippen LogP contribution < -0.4 is 15.6 Å². The van der Waals surface area contributed by atoms with Crippen molar-refractivity contribution in [3.63, 3.8) is 0 Å². The van der Waals surface area contributed by atoms with Crippen molar-refractivity contribution >= 4 is 33.8 Å². The zero-order valence-corrected chi connectivity index (χ0v) is 27.4. The lowest BCUT2D eigenvalue weighted by Gasteiger charge is -2.30. The molecule has 0 bridgehead atoms. The number of ether oxygens (including phenoxy) is 2. The van der Waals surface area contributed by atoms with E-state index in [4.69, 9.17) is 19.6 Å². The van der Waals surface area contributed by atoms with Gasteiger partial charge in [-0.15, -0.1) is 0 Å². The Bertz CT molecular complexity index is 1580. The van der Waals surface area contributed by atoms with Gasteiger partial charge in [-0.25, -0.2) is 10.4 Å².